The van der Waals surface area contributed by atoms with E-state index < -0.39 is 0 Å². The first-order chi connectivity index (χ1) is 10.1. The Bertz CT molecular complexity index is 383. The van der Waals surface area contributed by atoms with Crippen LogP contribution in [0.3, 0.4) is 0 Å². The van der Waals surface area contributed by atoms with Crippen molar-refractivity contribution in [2.45, 2.75) is 67.0 Å². The number of thiophene rings is 1. The van der Waals surface area contributed by atoms with Gasteiger partial charge in [0, 0.05) is 29.4 Å². The monoisotopic (exact) mass is 310 g/mol. The van der Waals surface area contributed by atoms with Gasteiger partial charge in [0.05, 0.1) is 0 Å². The Morgan fingerprint density at radius 3 is 2.48 bits per heavy atom. The number of hydrogen-bond donors (Lipinski definition) is 1. The summed E-state index contributed by atoms with van der Waals surface area (Å²) in [5, 5.41) is 3.51. The van der Waals surface area contributed by atoms with Gasteiger partial charge in [0.1, 0.15) is 0 Å². The molecule has 1 heterocycles. The van der Waals surface area contributed by atoms with Gasteiger partial charge in [-0.3, -0.25) is 4.90 Å². The van der Waals surface area contributed by atoms with Crippen LogP contribution in [0.15, 0.2) is 6.07 Å². The van der Waals surface area contributed by atoms with Crippen LogP contribution in [-0.2, 0) is 13.1 Å². The van der Waals surface area contributed by atoms with E-state index >= 15 is 0 Å². The average Bonchev–Trinajstić information content (AvgIpc) is 2.83. The third-order valence-electron chi connectivity index (χ3n) is 4.31. The summed E-state index contributed by atoms with van der Waals surface area (Å²) in [6, 6.07) is 2.41. The largest absolute Gasteiger partial charge is 0.312 e. The van der Waals surface area contributed by atoms with E-state index in [9.17, 15) is 0 Å². The van der Waals surface area contributed by atoms with E-state index in [1.54, 1.807) is 0 Å². The summed E-state index contributed by atoms with van der Waals surface area (Å²) in [5.41, 5.74) is 1.53. The van der Waals surface area contributed by atoms with Crippen molar-refractivity contribution < 1.29 is 0 Å². The fraction of sp³-hybridized carbons (Fsp3) is 0.778. The van der Waals surface area contributed by atoms with Gasteiger partial charge >= 0.3 is 0 Å². The number of nitrogens with one attached hydrogen (secondary N) is 1. The van der Waals surface area contributed by atoms with Gasteiger partial charge in [-0.15, -0.1) is 11.3 Å². The van der Waals surface area contributed by atoms with Crippen LogP contribution < -0.4 is 5.32 Å². The van der Waals surface area contributed by atoms with Crippen LogP contribution in [0.5, 0.6) is 0 Å². The molecule has 0 unspecified atom stereocenters. The summed E-state index contributed by atoms with van der Waals surface area (Å²) < 4.78 is 0. The highest BCUT2D eigenvalue weighted by Crippen LogP contribution is 2.23. The van der Waals surface area contributed by atoms with Gasteiger partial charge in [-0.25, -0.2) is 0 Å². The lowest BCUT2D eigenvalue weighted by Crippen LogP contribution is -2.28. The van der Waals surface area contributed by atoms with E-state index in [2.05, 4.69) is 50.9 Å². The molecule has 0 aliphatic carbocycles. The molecule has 0 amide bonds. The highest BCUT2D eigenvalue weighted by Gasteiger charge is 2.13. The fourth-order valence-corrected chi connectivity index (χ4v) is 3.70. The van der Waals surface area contributed by atoms with Gasteiger partial charge < -0.3 is 5.32 Å². The second-order valence-corrected chi connectivity index (χ2v) is 7.32. The molecule has 1 N–H and O–H groups in total. The first kappa shape index (κ1) is 18.7. The molecule has 1 rings (SSSR count). The van der Waals surface area contributed by atoms with E-state index in [1.807, 2.05) is 11.3 Å². The van der Waals surface area contributed by atoms with E-state index in [4.69, 9.17) is 0 Å². The summed E-state index contributed by atoms with van der Waals surface area (Å²) in [7, 11) is 0. The molecule has 0 fully saturated rings. The summed E-state index contributed by atoms with van der Waals surface area (Å²) >= 11 is 1.96. The molecule has 0 saturated heterocycles. The van der Waals surface area contributed by atoms with E-state index in [1.165, 1.54) is 41.1 Å². The first-order valence-electron chi connectivity index (χ1n) is 8.65. The highest BCUT2D eigenvalue weighted by molar-refractivity contribution is 7.12. The third kappa shape index (κ3) is 6.50. The van der Waals surface area contributed by atoms with E-state index in [0.29, 0.717) is 0 Å². The zero-order valence-corrected chi connectivity index (χ0v) is 15.5. The molecule has 0 atom stereocenters. The summed E-state index contributed by atoms with van der Waals surface area (Å²) in [6.07, 6.45) is 3.79. The predicted molar refractivity (Wildman–Crippen MR) is 96.1 cm³/mol. The molecule has 122 valence electrons. The minimum Gasteiger partial charge on any atom is -0.312 e. The Balaban J connectivity index is 2.58. The van der Waals surface area contributed by atoms with Crippen LogP contribution in [0, 0.1) is 12.8 Å². The predicted octanol–water partition coefficient (Wildman–Crippen LogP) is 4.81. The molecule has 3 heteroatoms. The summed E-state index contributed by atoms with van der Waals surface area (Å²) in [6.45, 7) is 17.0. The Hall–Kier alpha value is -0.380. The van der Waals surface area contributed by atoms with Gasteiger partial charge in [-0.2, -0.15) is 0 Å². The Morgan fingerprint density at radius 2 is 1.90 bits per heavy atom. The normalized spacial score (nSPS) is 11.8. The lowest BCUT2D eigenvalue weighted by Gasteiger charge is -2.25. The van der Waals surface area contributed by atoms with Crippen LogP contribution in [0.1, 0.15) is 62.3 Å². The lowest BCUT2D eigenvalue weighted by atomic mass is 10.0. The quantitative estimate of drug-likeness (QED) is 0.590. The molecule has 1 aromatic heterocycles. The van der Waals surface area contributed by atoms with E-state index in [0.717, 1.165) is 32.1 Å². The zero-order valence-electron chi connectivity index (χ0n) is 14.7. The smallest absolute Gasteiger partial charge is 0.0299 e. The van der Waals surface area contributed by atoms with Gasteiger partial charge in [0.25, 0.3) is 0 Å². The van der Waals surface area contributed by atoms with Gasteiger partial charge in [-0.05, 0) is 44.0 Å². The van der Waals surface area contributed by atoms with Crippen molar-refractivity contribution in [3.8, 4) is 0 Å². The average molecular weight is 311 g/mol. The topological polar surface area (TPSA) is 15.3 Å². The van der Waals surface area contributed by atoms with Gasteiger partial charge in [-0.1, -0.05) is 40.5 Å². The van der Waals surface area contributed by atoms with Gasteiger partial charge in [0.2, 0.25) is 0 Å². The van der Waals surface area contributed by atoms with Crippen LogP contribution in [0.4, 0.5) is 0 Å². The van der Waals surface area contributed by atoms with Crippen molar-refractivity contribution in [1.29, 1.82) is 0 Å². The molecule has 0 aromatic carbocycles. The standard InChI is InChI=1S/C18H34N2S/c1-6-10-19-12-18-11-17(15(5)21-18)14-20(9-4)13-16(7-2)8-3/h11,16,19H,6-10,12-14H2,1-5H3. The Labute approximate surface area is 135 Å². The second kappa shape index (κ2) is 10.4. The van der Waals surface area contributed by atoms with Crippen molar-refractivity contribution in [3.05, 3.63) is 21.4 Å². The molecule has 21 heavy (non-hydrogen) atoms. The number of aryl methyl sites for hydroxylation is 1. The Kier molecular flexibility index (Phi) is 9.21. The number of rotatable bonds is 11. The van der Waals surface area contributed by atoms with Crippen molar-refractivity contribution in [1.82, 2.24) is 10.2 Å². The van der Waals surface area contributed by atoms with Crippen molar-refractivity contribution in [2.75, 3.05) is 19.6 Å². The maximum atomic E-state index is 3.51. The molecule has 0 radical (unpaired) electrons. The fourth-order valence-electron chi connectivity index (χ4n) is 2.68. The van der Waals surface area contributed by atoms with Crippen LogP contribution in [-0.4, -0.2) is 24.5 Å². The molecule has 0 aliphatic heterocycles. The van der Waals surface area contributed by atoms with Crippen LogP contribution >= 0.6 is 11.3 Å². The molecule has 0 spiro atoms. The van der Waals surface area contributed by atoms with E-state index in [-0.39, 0.29) is 0 Å². The molecule has 2 nitrogen and oxygen atoms in total. The third-order valence-corrected chi connectivity index (χ3v) is 5.40. The SMILES string of the molecule is CCCNCc1cc(CN(CC)CC(CC)CC)c(C)s1. The summed E-state index contributed by atoms with van der Waals surface area (Å²) in [5.74, 6) is 0.842. The first-order valence-corrected chi connectivity index (χ1v) is 9.47. The van der Waals surface area contributed by atoms with Crippen LogP contribution in [0.25, 0.3) is 0 Å². The maximum absolute atomic E-state index is 3.51. The minimum absolute atomic E-state index is 0.842. The molecule has 0 aliphatic rings. The van der Waals surface area contributed by atoms with Crippen LogP contribution in [0.2, 0.25) is 0 Å². The molecule has 1 aromatic rings. The lowest BCUT2D eigenvalue weighted by molar-refractivity contribution is 0.226. The minimum atomic E-state index is 0.842. The van der Waals surface area contributed by atoms with Crippen molar-refractivity contribution in [3.63, 3.8) is 0 Å². The molecule has 0 bridgehead atoms. The van der Waals surface area contributed by atoms with Crippen molar-refractivity contribution in [2.24, 2.45) is 5.92 Å². The molecular weight excluding hydrogens is 276 g/mol. The Morgan fingerprint density at radius 1 is 1.19 bits per heavy atom. The number of nitrogens with zero attached hydrogens (tertiary/aromatic N) is 1. The highest BCUT2D eigenvalue weighted by atomic mass is 32.1. The maximum Gasteiger partial charge on any atom is 0.0299 e. The number of hydrogen-bond acceptors (Lipinski definition) is 3. The summed E-state index contributed by atoms with van der Waals surface area (Å²) in [4.78, 5) is 5.58. The molecular formula is C18H34N2S. The zero-order chi connectivity index (χ0) is 15.7. The second-order valence-electron chi connectivity index (χ2n) is 5.98. The molecule has 0 saturated carbocycles. The van der Waals surface area contributed by atoms with Gasteiger partial charge in [0.15, 0.2) is 0 Å². The van der Waals surface area contributed by atoms with Crippen molar-refractivity contribution >= 4 is 11.3 Å².